The standard InChI is InChI=1S/C16H33NO/c1-5-7-14-8-9-16(18)15(10-14)12-17(4)11-13(3)6-2/h13-16,18H,5-12H2,1-4H3. The molecule has 0 radical (unpaired) electrons. The van der Waals surface area contributed by atoms with Gasteiger partial charge in [0.15, 0.2) is 0 Å². The van der Waals surface area contributed by atoms with Crippen LogP contribution in [-0.2, 0) is 0 Å². The van der Waals surface area contributed by atoms with Crippen molar-refractivity contribution in [3.8, 4) is 0 Å². The van der Waals surface area contributed by atoms with Gasteiger partial charge in [-0.05, 0) is 44.1 Å². The predicted octanol–water partition coefficient (Wildman–Crippen LogP) is 3.54. The Balaban J connectivity index is 2.37. The molecule has 0 aromatic heterocycles. The maximum absolute atomic E-state index is 10.2. The maximum atomic E-state index is 10.2. The minimum atomic E-state index is -0.0579. The lowest BCUT2D eigenvalue weighted by molar-refractivity contribution is 0.0280. The van der Waals surface area contributed by atoms with Crippen LogP contribution in [0.15, 0.2) is 0 Å². The van der Waals surface area contributed by atoms with E-state index in [1.165, 1.54) is 32.1 Å². The van der Waals surface area contributed by atoms with Crippen LogP contribution in [0.2, 0.25) is 0 Å². The highest BCUT2D eigenvalue weighted by molar-refractivity contribution is 4.81. The van der Waals surface area contributed by atoms with Crippen molar-refractivity contribution in [3.63, 3.8) is 0 Å². The fourth-order valence-corrected chi connectivity index (χ4v) is 3.35. The zero-order valence-electron chi connectivity index (χ0n) is 12.9. The second-order valence-corrected chi connectivity index (χ2v) is 6.53. The van der Waals surface area contributed by atoms with E-state index in [0.29, 0.717) is 5.92 Å². The van der Waals surface area contributed by atoms with E-state index in [-0.39, 0.29) is 6.10 Å². The molecular weight excluding hydrogens is 222 g/mol. The normalized spacial score (nSPS) is 30.7. The first-order valence-electron chi connectivity index (χ1n) is 7.93. The molecule has 1 aliphatic carbocycles. The largest absolute Gasteiger partial charge is 0.393 e. The van der Waals surface area contributed by atoms with Gasteiger partial charge in [-0.25, -0.2) is 0 Å². The second kappa shape index (κ2) is 8.16. The molecule has 0 spiro atoms. The molecular formula is C16H33NO. The molecule has 0 aromatic rings. The average Bonchev–Trinajstić information content (AvgIpc) is 2.33. The van der Waals surface area contributed by atoms with Crippen LogP contribution in [0, 0.1) is 17.8 Å². The zero-order chi connectivity index (χ0) is 13.5. The van der Waals surface area contributed by atoms with Crippen molar-refractivity contribution in [3.05, 3.63) is 0 Å². The Hall–Kier alpha value is -0.0800. The monoisotopic (exact) mass is 255 g/mol. The molecule has 2 nitrogen and oxygen atoms in total. The summed E-state index contributed by atoms with van der Waals surface area (Å²) in [5, 5.41) is 10.2. The highest BCUT2D eigenvalue weighted by Gasteiger charge is 2.29. The molecule has 0 aromatic carbocycles. The van der Waals surface area contributed by atoms with Crippen LogP contribution >= 0.6 is 0 Å². The number of hydrogen-bond acceptors (Lipinski definition) is 2. The van der Waals surface area contributed by atoms with Crippen LogP contribution in [0.3, 0.4) is 0 Å². The van der Waals surface area contributed by atoms with Crippen LogP contribution in [0.4, 0.5) is 0 Å². The van der Waals surface area contributed by atoms with Crippen molar-refractivity contribution in [1.82, 2.24) is 4.90 Å². The van der Waals surface area contributed by atoms with E-state index >= 15 is 0 Å². The molecule has 4 unspecified atom stereocenters. The molecule has 1 N–H and O–H groups in total. The van der Waals surface area contributed by atoms with E-state index in [9.17, 15) is 5.11 Å². The summed E-state index contributed by atoms with van der Waals surface area (Å²) < 4.78 is 0. The first-order valence-corrected chi connectivity index (χ1v) is 7.93. The van der Waals surface area contributed by atoms with Crippen LogP contribution < -0.4 is 0 Å². The summed E-state index contributed by atoms with van der Waals surface area (Å²) in [6.07, 6.45) is 7.31. The fourth-order valence-electron chi connectivity index (χ4n) is 3.35. The lowest BCUT2D eigenvalue weighted by Gasteiger charge is -2.36. The highest BCUT2D eigenvalue weighted by atomic mass is 16.3. The van der Waals surface area contributed by atoms with Crippen LogP contribution in [-0.4, -0.2) is 36.2 Å². The van der Waals surface area contributed by atoms with Gasteiger partial charge in [0, 0.05) is 13.1 Å². The number of nitrogens with zero attached hydrogens (tertiary/aromatic N) is 1. The van der Waals surface area contributed by atoms with Gasteiger partial charge in [-0.3, -0.25) is 0 Å². The quantitative estimate of drug-likeness (QED) is 0.752. The van der Waals surface area contributed by atoms with Crippen LogP contribution in [0.1, 0.15) is 59.3 Å². The molecule has 1 saturated carbocycles. The summed E-state index contributed by atoms with van der Waals surface area (Å²) in [6, 6.07) is 0. The Morgan fingerprint density at radius 1 is 1.28 bits per heavy atom. The lowest BCUT2D eigenvalue weighted by Crippen LogP contribution is -2.38. The zero-order valence-corrected chi connectivity index (χ0v) is 12.9. The second-order valence-electron chi connectivity index (χ2n) is 6.53. The molecule has 108 valence electrons. The summed E-state index contributed by atoms with van der Waals surface area (Å²) in [7, 11) is 2.21. The van der Waals surface area contributed by atoms with E-state index in [0.717, 1.165) is 31.3 Å². The summed E-state index contributed by atoms with van der Waals surface area (Å²) in [5.41, 5.74) is 0. The number of aliphatic hydroxyl groups is 1. The fraction of sp³-hybridized carbons (Fsp3) is 1.00. The molecule has 0 saturated heterocycles. The summed E-state index contributed by atoms with van der Waals surface area (Å²) >= 11 is 0. The van der Waals surface area contributed by atoms with Crippen molar-refractivity contribution >= 4 is 0 Å². The Labute approximate surface area is 114 Å². The molecule has 1 fully saturated rings. The Morgan fingerprint density at radius 2 is 2.00 bits per heavy atom. The molecule has 18 heavy (non-hydrogen) atoms. The van der Waals surface area contributed by atoms with E-state index < -0.39 is 0 Å². The summed E-state index contributed by atoms with van der Waals surface area (Å²) in [4.78, 5) is 2.43. The van der Waals surface area contributed by atoms with Crippen LogP contribution in [0.5, 0.6) is 0 Å². The van der Waals surface area contributed by atoms with E-state index in [1.54, 1.807) is 0 Å². The molecule has 0 amide bonds. The molecule has 2 heteroatoms. The summed E-state index contributed by atoms with van der Waals surface area (Å²) in [5.74, 6) is 2.13. The average molecular weight is 255 g/mol. The molecule has 4 atom stereocenters. The Morgan fingerprint density at radius 3 is 2.61 bits per heavy atom. The van der Waals surface area contributed by atoms with Gasteiger partial charge in [0.1, 0.15) is 0 Å². The van der Waals surface area contributed by atoms with Gasteiger partial charge >= 0.3 is 0 Å². The van der Waals surface area contributed by atoms with Gasteiger partial charge in [-0.15, -0.1) is 0 Å². The van der Waals surface area contributed by atoms with Crippen molar-refractivity contribution < 1.29 is 5.11 Å². The number of hydrogen-bond donors (Lipinski definition) is 1. The predicted molar refractivity (Wildman–Crippen MR) is 78.7 cm³/mol. The third-order valence-corrected chi connectivity index (χ3v) is 4.61. The third-order valence-electron chi connectivity index (χ3n) is 4.61. The minimum absolute atomic E-state index is 0.0579. The highest BCUT2D eigenvalue weighted by Crippen LogP contribution is 2.32. The SMILES string of the molecule is CCCC1CCC(O)C(CN(C)CC(C)CC)C1. The van der Waals surface area contributed by atoms with Crippen LogP contribution in [0.25, 0.3) is 0 Å². The third kappa shape index (κ3) is 5.27. The van der Waals surface area contributed by atoms with E-state index in [2.05, 4.69) is 32.7 Å². The maximum Gasteiger partial charge on any atom is 0.0580 e. The van der Waals surface area contributed by atoms with Gasteiger partial charge in [0.2, 0.25) is 0 Å². The van der Waals surface area contributed by atoms with E-state index in [4.69, 9.17) is 0 Å². The van der Waals surface area contributed by atoms with E-state index in [1.807, 2.05) is 0 Å². The molecule has 1 aliphatic rings. The molecule has 1 rings (SSSR count). The topological polar surface area (TPSA) is 23.5 Å². The summed E-state index contributed by atoms with van der Waals surface area (Å²) in [6.45, 7) is 9.08. The van der Waals surface area contributed by atoms with Crippen molar-refractivity contribution in [2.24, 2.45) is 17.8 Å². The lowest BCUT2D eigenvalue weighted by atomic mass is 9.77. The Bertz CT molecular complexity index is 219. The van der Waals surface area contributed by atoms with Gasteiger partial charge in [0.25, 0.3) is 0 Å². The van der Waals surface area contributed by atoms with Crippen molar-refractivity contribution in [1.29, 1.82) is 0 Å². The molecule has 0 aliphatic heterocycles. The number of rotatable bonds is 7. The minimum Gasteiger partial charge on any atom is -0.393 e. The first-order chi connectivity index (χ1) is 8.56. The van der Waals surface area contributed by atoms with Gasteiger partial charge in [-0.1, -0.05) is 40.0 Å². The van der Waals surface area contributed by atoms with Crippen molar-refractivity contribution in [2.75, 3.05) is 20.1 Å². The van der Waals surface area contributed by atoms with Gasteiger partial charge in [-0.2, -0.15) is 0 Å². The Kier molecular flexibility index (Phi) is 7.25. The smallest absolute Gasteiger partial charge is 0.0580 e. The first kappa shape index (κ1) is 16.0. The number of aliphatic hydroxyl groups excluding tert-OH is 1. The van der Waals surface area contributed by atoms with Gasteiger partial charge < -0.3 is 10.0 Å². The van der Waals surface area contributed by atoms with Gasteiger partial charge in [0.05, 0.1) is 6.10 Å². The molecule has 0 bridgehead atoms. The molecule has 0 heterocycles. The van der Waals surface area contributed by atoms with Crippen molar-refractivity contribution in [2.45, 2.75) is 65.4 Å².